The van der Waals surface area contributed by atoms with Crippen LogP contribution in [0.25, 0.3) is 0 Å². The molecule has 3 atom stereocenters. The molecule has 0 spiro atoms. The number of carboxylic acids is 2. The second kappa shape index (κ2) is 7.79. The second-order valence-corrected chi connectivity index (χ2v) is 4.93. The maximum atomic E-state index is 12.0. The molecule has 0 aromatic heterocycles. The van der Waals surface area contributed by atoms with Crippen LogP contribution in [-0.2, 0) is 14.3 Å². The van der Waals surface area contributed by atoms with Crippen LogP contribution in [-0.4, -0.2) is 76.1 Å². The summed E-state index contributed by atoms with van der Waals surface area (Å²) in [6.45, 7) is 1.92. The van der Waals surface area contributed by atoms with Crippen molar-refractivity contribution in [1.82, 2.24) is 10.2 Å². The summed E-state index contributed by atoms with van der Waals surface area (Å²) in [6.07, 6.45) is -1.33. The Hall–Kier alpha value is -1.87. The highest BCUT2D eigenvalue weighted by Gasteiger charge is 2.30. The van der Waals surface area contributed by atoms with E-state index in [9.17, 15) is 14.4 Å². The van der Waals surface area contributed by atoms with Gasteiger partial charge in [0.05, 0.1) is 25.4 Å². The SMILES string of the molecule is CC1CN(C(=O)NC(CCC(=O)O)C(=O)O)CC(CO)O1. The first kappa shape index (κ1) is 17.2. The summed E-state index contributed by atoms with van der Waals surface area (Å²) in [5.74, 6) is -2.42. The first-order valence-electron chi connectivity index (χ1n) is 6.59. The lowest BCUT2D eigenvalue weighted by atomic mass is 10.1. The molecule has 1 rings (SSSR count). The van der Waals surface area contributed by atoms with E-state index in [0.29, 0.717) is 0 Å². The van der Waals surface area contributed by atoms with Crippen LogP contribution in [0.1, 0.15) is 19.8 Å². The van der Waals surface area contributed by atoms with Crippen LogP contribution in [0.15, 0.2) is 0 Å². The molecule has 1 heterocycles. The van der Waals surface area contributed by atoms with Gasteiger partial charge >= 0.3 is 18.0 Å². The molecule has 9 heteroatoms. The van der Waals surface area contributed by atoms with Crippen molar-refractivity contribution in [2.75, 3.05) is 19.7 Å². The molecular formula is C12H20N2O7. The summed E-state index contributed by atoms with van der Waals surface area (Å²) in [6, 6.07) is -1.87. The highest BCUT2D eigenvalue weighted by Crippen LogP contribution is 2.11. The van der Waals surface area contributed by atoms with Gasteiger partial charge in [-0.2, -0.15) is 0 Å². The topological polar surface area (TPSA) is 136 Å². The first-order chi connectivity index (χ1) is 9.83. The maximum absolute atomic E-state index is 12.0. The lowest BCUT2D eigenvalue weighted by Gasteiger charge is -2.36. The summed E-state index contributed by atoms with van der Waals surface area (Å²) >= 11 is 0. The number of aliphatic hydroxyl groups excluding tert-OH is 1. The van der Waals surface area contributed by atoms with Crippen molar-refractivity contribution < 1.29 is 34.4 Å². The number of amides is 2. The Bertz CT molecular complexity index is 401. The van der Waals surface area contributed by atoms with Crippen LogP contribution in [0, 0.1) is 0 Å². The van der Waals surface area contributed by atoms with Gasteiger partial charge in [0.25, 0.3) is 0 Å². The Morgan fingerprint density at radius 3 is 2.52 bits per heavy atom. The number of morpholine rings is 1. The van der Waals surface area contributed by atoms with Gasteiger partial charge in [-0.05, 0) is 13.3 Å². The van der Waals surface area contributed by atoms with E-state index in [1.807, 2.05) is 0 Å². The fourth-order valence-electron chi connectivity index (χ4n) is 2.08. The Morgan fingerprint density at radius 1 is 1.33 bits per heavy atom. The van der Waals surface area contributed by atoms with Crippen LogP contribution < -0.4 is 5.32 Å². The van der Waals surface area contributed by atoms with Crippen LogP contribution >= 0.6 is 0 Å². The number of hydrogen-bond donors (Lipinski definition) is 4. The number of nitrogens with one attached hydrogen (secondary N) is 1. The van der Waals surface area contributed by atoms with Gasteiger partial charge in [0.1, 0.15) is 6.04 Å². The molecule has 1 aliphatic rings. The van der Waals surface area contributed by atoms with Crippen molar-refractivity contribution in [2.24, 2.45) is 0 Å². The Kier molecular flexibility index (Phi) is 6.38. The number of nitrogens with zero attached hydrogens (tertiary/aromatic N) is 1. The van der Waals surface area contributed by atoms with Crippen molar-refractivity contribution in [2.45, 2.75) is 38.0 Å². The molecule has 21 heavy (non-hydrogen) atoms. The van der Waals surface area contributed by atoms with Gasteiger partial charge in [-0.1, -0.05) is 0 Å². The van der Waals surface area contributed by atoms with Gasteiger partial charge in [-0.25, -0.2) is 9.59 Å². The zero-order chi connectivity index (χ0) is 16.0. The summed E-state index contributed by atoms with van der Waals surface area (Å²) in [7, 11) is 0. The van der Waals surface area contributed by atoms with E-state index >= 15 is 0 Å². The van der Waals surface area contributed by atoms with E-state index in [0.717, 1.165) is 0 Å². The number of rotatable bonds is 6. The number of aliphatic hydroxyl groups is 1. The zero-order valence-corrected chi connectivity index (χ0v) is 11.7. The molecule has 0 saturated carbocycles. The molecule has 0 bridgehead atoms. The summed E-state index contributed by atoms with van der Waals surface area (Å²) in [5.41, 5.74) is 0. The van der Waals surface area contributed by atoms with Crippen LogP contribution in [0.2, 0.25) is 0 Å². The molecule has 4 N–H and O–H groups in total. The number of hydrogen-bond acceptors (Lipinski definition) is 5. The number of ether oxygens (including phenoxy) is 1. The molecule has 1 fully saturated rings. The van der Waals surface area contributed by atoms with Crippen molar-refractivity contribution >= 4 is 18.0 Å². The van der Waals surface area contributed by atoms with Gasteiger partial charge in [0, 0.05) is 13.0 Å². The fraction of sp³-hybridized carbons (Fsp3) is 0.750. The zero-order valence-electron chi connectivity index (χ0n) is 11.7. The molecular weight excluding hydrogens is 284 g/mol. The van der Waals surface area contributed by atoms with Crippen LogP contribution in [0.5, 0.6) is 0 Å². The molecule has 1 saturated heterocycles. The van der Waals surface area contributed by atoms with Crippen molar-refractivity contribution in [3.05, 3.63) is 0 Å². The van der Waals surface area contributed by atoms with E-state index < -0.39 is 30.1 Å². The Labute approximate surface area is 121 Å². The molecule has 0 aromatic carbocycles. The van der Waals surface area contributed by atoms with E-state index in [1.165, 1.54) is 4.90 Å². The monoisotopic (exact) mass is 304 g/mol. The smallest absolute Gasteiger partial charge is 0.326 e. The number of carbonyl (C=O) groups excluding carboxylic acids is 1. The number of carboxylic acid groups (broad SMARTS) is 2. The molecule has 9 nitrogen and oxygen atoms in total. The minimum atomic E-state index is -1.29. The molecule has 120 valence electrons. The third-order valence-corrected chi connectivity index (χ3v) is 3.06. The van der Waals surface area contributed by atoms with Crippen molar-refractivity contribution in [1.29, 1.82) is 0 Å². The quantitative estimate of drug-likeness (QED) is 0.499. The molecule has 0 radical (unpaired) electrons. The second-order valence-electron chi connectivity index (χ2n) is 4.93. The lowest BCUT2D eigenvalue weighted by molar-refractivity contribution is -0.140. The maximum Gasteiger partial charge on any atom is 0.326 e. The predicted molar refractivity (Wildman–Crippen MR) is 69.8 cm³/mol. The van der Waals surface area contributed by atoms with E-state index in [4.69, 9.17) is 20.1 Å². The standard InChI is InChI=1S/C12H20N2O7/c1-7-4-14(5-8(6-15)21-7)12(20)13-9(11(18)19)2-3-10(16)17/h7-9,15H,2-6H2,1H3,(H,13,20)(H,16,17)(H,18,19). The number of aliphatic carboxylic acids is 2. The van der Waals surface area contributed by atoms with Gasteiger partial charge in [0.15, 0.2) is 0 Å². The van der Waals surface area contributed by atoms with E-state index in [-0.39, 0.29) is 38.6 Å². The lowest BCUT2D eigenvalue weighted by Crippen LogP contribution is -2.55. The summed E-state index contributed by atoms with van der Waals surface area (Å²) < 4.78 is 5.38. The van der Waals surface area contributed by atoms with Gasteiger partial charge in [-0.3, -0.25) is 4.79 Å². The first-order valence-corrected chi connectivity index (χ1v) is 6.59. The average molecular weight is 304 g/mol. The average Bonchev–Trinajstić information content (AvgIpc) is 2.41. The van der Waals surface area contributed by atoms with Gasteiger partial charge in [-0.15, -0.1) is 0 Å². The van der Waals surface area contributed by atoms with Crippen LogP contribution in [0.4, 0.5) is 4.79 Å². The summed E-state index contributed by atoms with van der Waals surface area (Å²) in [5, 5.41) is 28.9. The highest BCUT2D eigenvalue weighted by molar-refractivity contribution is 5.83. The van der Waals surface area contributed by atoms with Gasteiger partial charge in [0.2, 0.25) is 0 Å². The minimum Gasteiger partial charge on any atom is -0.481 e. The third-order valence-electron chi connectivity index (χ3n) is 3.06. The predicted octanol–water partition coefficient (Wildman–Crippen LogP) is -0.904. The Morgan fingerprint density at radius 2 is 2.00 bits per heavy atom. The van der Waals surface area contributed by atoms with E-state index in [2.05, 4.69) is 5.32 Å². The molecule has 0 aromatic rings. The normalized spacial score (nSPS) is 23.4. The third kappa shape index (κ3) is 5.56. The molecule has 3 unspecified atom stereocenters. The number of urea groups is 1. The minimum absolute atomic E-state index is 0.151. The number of carbonyl (C=O) groups is 3. The fourth-order valence-corrected chi connectivity index (χ4v) is 2.08. The van der Waals surface area contributed by atoms with E-state index in [1.54, 1.807) is 6.92 Å². The molecule has 1 aliphatic heterocycles. The summed E-state index contributed by atoms with van der Waals surface area (Å²) in [4.78, 5) is 34.9. The molecule has 2 amide bonds. The van der Waals surface area contributed by atoms with Gasteiger partial charge < -0.3 is 30.3 Å². The Balaban J connectivity index is 2.59. The molecule has 0 aliphatic carbocycles. The van der Waals surface area contributed by atoms with Crippen molar-refractivity contribution in [3.63, 3.8) is 0 Å². The highest BCUT2D eigenvalue weighted by atomic mass is 16.5. The van der Waals surface area contributed by atoms with Crippen LogP contribution in [0.3, 0.4) is 0 Å². The largest absolute Gasteiger partial charge is 0.481 e. The van der Waals surface area contributed by atoms with Crippen molar-refractivity contribution in [3.8, 4) is 0 Å².